The number of halogens is 1. The van der Waals surface area contributed by atoms with Crippen LogP contribution in [-0.2, 0) is 0 Å². The van der Waals surface area contributed by atoms with Gasteiger partial charge in [-0.1, -0.05) is 11.2 Å². The number of rotatable bonds is 3. The van der Waals surface area contributed by atoms with Crippen molar-refractivity contribution in [2.75, 3.05) is 0 Å². The van der Waals surface area contributed by atoms with E-state index in [-0.39, 0.29) is 28.7 Å². The molecule has 3 aromatic rings. The second kappa shape index (κ2) is 6.37. The van der Waals surface area contributed by atoms with Gasteiger partial charge in [0.25, 0.3) is 5.89 Å². The van der Waals surface area contributed by atoms with Crippen LogP contribution < -0.4 is 0 Å². The van der Waals surface area contributed by atoms with Gasteiger partial charge in [-0.2, -0.15) is 4.98 Å². The smallest absolute Gasteiger partial charge is 0.335 e. The molecule has 0 radical (unpaired) electrons. The van der Waals surface area contributed by atoms with E-state index in [0.29, 0.717) is 11.1 Å². The Bertz CT molecular complexity index is 1010. The Labute approximate surface area is 150 Å². The van der Waals surface area contributed by atoms with Gasteiger partial charge in [0.2, 0.25) is 5.82 Å². The molecule has 2 aromatic carbocycles. The van der Waals surface area contributed by atoms with Crippen LogP contribution >= 0.6 is 0 Å². The van der Waals surface area contributed by atoms with E-state index in [1.807, 2.05) is 27.7 Å². The summed E-state index contributed by atoms with van der Waals surface area (Å²) in [6.45, 7) is 9.17. The topological polar surface area (TPSA) is 76.2 Å². The number of aromatic carboxylic acids is 1. The number of aryl methyl sites for hydroxylation is 1. The van der Waals surface area contributed by atoms with Crippen LogP contribution in [0.2, 0.25) is 0 Å². The Kier molecular flexibility index (Phi) is 4.36. The molecule has 0 aliphatic heterocycles. The highest BCUT2D eigenvalue weighted by Crippen LogP contribution is 2.33. The van der Waals surface area contributed by atoms with E-state index in [2.05, 4.69) is 10.1 Å². The zero-order valence-electron chi connectivity index (χ0n) is 15.3. The number of hydrogen-bond donors (Lipinski definition) is 1. The van der Waals surface area contributed by atoms with Crippen LogP contribution in [0.5, 0.6) is 0 Å². The van der Waals surface area contributed by atoms with Crippen LogP contribution in [0.4, 0.5) is 4.39 Å². The number of hydrogen-bond acceptors (Lipinski definition) is 4. The highest BCUT2D eigenvalue weighted by Gasteiger charge is 2.22. The van der Waals surface area contributed by atoms with Gasteiger partial charge in [-0.05, 0) is 74.6 Å². The van der Waals surface area contributed by atoms with E-state index in [9.17, 15) is 14.3 Å². The third-order valence-electron chi connectivity index (χ3n) is 4.98. The highest BCUT2D eigenvalue weighted by atomic mass is 19.1. The first kappa shape index (κ1) is 17.8. The molecule has 0 saturated heterocycles. The summed E-state index contributed by atoms with van der Waals surface area (Å²) in [5, 5.41) is 13.1. The number of benzene rings is 2. The first-order valence-electron chi connectivity index (χ1n) is 8.16. The highest BCUT2D eigenvalue weighted by molar-refractivity contribution is 5.89. The van der Waals surface area contributed by atoms with Crippen LogP contribution in [0.15, 0.2) is 22.7 Å². The Balaban J connectivity index is 2.16. The summed E-state index contributed by atoms with van der Waals surface area (Å²) < 4.78 is 20.2. The second-order valence-electron chi connectivity index (χ2n) is 6.45. The molecule has 0 aliphatic carbocycles. The Morgan fingerprint density at radius 3 is 2.35 bits per heavy atom. The molecule has 0 aliphatic rings. The molecule has 134 valence electrons. The van der Waals surface area contributed by atoms with Gasteiger partial charge in [0.05, 0.1) is 11.1 Å². The van der Waals surface area contributed by atoms with Crippen molar-refractivity contribution in [3.05, 3.63) is 57.4 Å². The summed E-state index contributed by atoms with van der Waals surface area (Å²) >= 11 is 0. The predicted molar refractivity (Wildman–Crippen MR) is 95.8 cm³/mol. The number of carbonyl (C=O) groups is 1. The predicted octanol–water partition coefficient (Wildman–Crippen LogP) is 4.78. The fourth-order valence-electron chi connectivity index (χ4n) is 2.95. The van der Waals surface area contributed by atoms with Gasteiger partial charge in [0, 0.05) is 5.56 Å². The zero-order chi connectivity index (χ0) is 19.2. The monoisotopic (exact) mass is 354 g/mol. The lowest BCUT2D eigenvalue weighted by Crippen LogP contribution is -2.00. The molecule has 1 heterocycles. The van der Waals surface area contributed by atoms with Gasteiger partial charge in [0.1, 0.15) is 5.82 Å². The Hall–Kier alpha value is -3.02. The molecule has 1 N–H and O–H groups in total. The number of aromatic nitrogens is 2. The van der Waals surface area contributed by atoms with E-state index in [1.165, 1.54) is 12.1 Å². The molecule has 0 amide bonds. The molecule has 6 heteroatoms. The number of carboxylic acid groups (broad SMARTS) is 1. The third-order valence-corrected chi connectivity index (χ3v) is 4.98. The van der Waals surface area contributed by atoms with Crippen molar-refractivity contribution in [2.24, 2.45) is 0 Å². The summed E-state index contributed by atoms with van der Waals surface area (Å²) in [7, 11) is 0. The van der Waals surface area contributed by atoms with Crippen LogP contribution in [0, 0.1) is 40.4 Å². The Morgan fingerprint density at radius 2 is 1.69 bits per heavy atom. The van der Waals surface area contributed by atoms with Crippen molar-refractivity contribution in [1.29, 1.82) is 0 Å². The summed E-state index contributed by atoms with van der Waals surface area (Å²) in [5.74, 6) is -1.10. The molecule has 0 bridgehead atoms. The first-order valence-corrected chi connectivity index (χ1v) is 8.16. The maximum absolute atomic E-state index is 14.8. The molecular weight excluding hydrogens is 335 g/mol. The van der Waals surface area contributed by atoms with Crippen molar-refractivity contribution < 1.29 is 18.8 Å². The maximum Gasteiger partial charge on any atom is 0.335 e. The lowest BCUT2D eigenvalue weighted by atomic mass is 9.93. The average Bonchev–Trinajstić information content (AvgIpc) is 3.08. The minimum absolute atomic E-state index is 0.0846. The van der Waals surface area contributed by atoms with Crippen LogP contribution in [0.25, 0.3) is 22.8 Å². The van der Waals surface area contributed by atoms with Gasteiger partial charge < -0.3 is 9.63 Å². The van der Waals surface area contributed by atoms with Gasteiger partial charge in [-0.3, -0.25) is 0 Å². The normalized spacial score (nSPS) is 11.0. The molecule has 0 atom stereocenters. The van der Waals surface area contributed by atoms with Crippen LogP contribution in [-0.4, -0.2) is 21.2 Å². The Morgan fingerprint density at radius 1 is 1.04 bits per heavy atom. The summed E-state index contributed by atoms with van der Waals surface area (Å²) in [6.07, 6.45) is 0. The fraction of sp³-hybridized carbons (Fsp3) is 0.250. The van der Waals surface area contributed by atoms with Gasteiger partial charge in [-0.25, -0.2) is 9.18 Å². The molecule has 0 saturated carbocycles. The van der Waals surface area contributed by atoms with Crippen molar-refractivity contribution in [1.82, 2.24) is 10.1 Å². The molecule has 26 heavy (non-hydrogen) atoms. The molecule has 0 fully saturated rings. The van der Waals surface area contributed by atoms with Crippen molar-refractivity contribution in [2.45, 2.75) is 34.6 Å². The first-order chi connectivity index (χ1) is 12.2. The van der Waals surface area contributed by atoms with E-state index in [1.54, 1.807) is 13.0 Å². The lowest BCUT2D eigenvalue weighted by Gasteiger charge is -2.13. The number of nitrogens with zero attached hydrogens (tertiary/aromatic N) is 2. The summed E-state index contributed by atoms with van der Waals surface area (Å²) in [5.41, 5.74) is 4.92. The minimum atomic E-state index is -1.04. The van der Waals surface area contributed by atoms with Crippen molar-refractivity contribution >= 4 is 5.97 Å². The quantitative estimate of drug-likeness (QED) is 0.732. The molecule has 0 unspecified atom stereocenters. The molecule has 0 spiro atoms. The third kappa shape index (κ3) is 2.77. The largest absolute Gasteiger partial charge is 0.478 e. The van der Waals surface area contributed by atoms with Crippen LogP contribution in [0.3, 0.4) is 0 Å². The van der Waals surface area contributed by atoms with Crippen molar-refractivity contribution in [3.63, 3.8) is 0 Å². The number of carboxylic acids is 1. The minimum Gasteiger partial charge on any atom is -0.478 e. The zero-order valence-corrected chi connectivity index (χ0v) is 15.3. The fourth-order valence-corrected chi connectivity index (χ4v) is 2.95. The van der Waals surface area contributed by atoms with E-state index >= 15 is 0 Å². The second-order valence-corrected chi connectivity index (χ2v) is 6.45. The summed E-state index contributed by atoms with van der Waals surface area (Å²) in [6, 6.07) is 4.68. The van der Waals surface area contributed by atoms with E-state index in [0.717, 1.165) is 22.3 Å². The van der Waals surface area contributed by atoms with Gasteiger partial charge in [-0.15, -0.1) is 0 Å². The van der Waals surface area contributed by atoms with E-state index < -0.39 is 5.97 Å². The molecular formula is C20H19FN2O3. The van der Waals surface area contributed by atoms with Crippen LogP contribution in [0.1, 0.15) is 38.2 Å². The standard InChI is InChI=1S/C20H19FN2O3/c1-9-6-7-14(20(24)25)8-15(9)18-22-19(26-23-18)16-12(4)10(2)11(3)13(5)17(16)21/h6-8H,1-5H3,(H,24,25). The van der Waals surface area contributed by atoms with Crippen molar-refractivity contribution in [3.8, 4) is 22.8 Å². The van der Waals surface area contributed by atoms with Gasteiger partial charge >= 0.3 is 5.97 Å². The van der Waals surface area contributed by atoms with E-state index in [4.69, 9.17) is 4.52 Å². The summed E-state index contributed by atoms with van der Waals surface area (Å²) in [4.78, 5) is 15.5. The SMILES string of the molecule is Cc1ccc(C(=O)O)cc1-c1noc(-c2c(C)c(C)c(C)c(C)c2F)n1. The average molecular weight is 354 g/mol. The lowest BCUT2D eigenvalue weighted by molar-refractivity contribution is 0.0697. The van der Waals surface area contributed by atoms with Gasteiger partial charge in [0.15, 0.2) is 0 Å². The molecule has 1 aromatic heterocycles. The molecule has 3 rings (SSSR count). The maximum atomic E-state index is 14.8. The molecule has 5 nitrogen and oxygen atoms in total.